The first-order chi connectivity index (χ1) is 15.6. The minimum absolute atomic E-state index is 0.373. The first-order valence-corrected chi connectivity index (χ1v) is 12.3. The Hall–Kier alpha value is -2.15. The van der Waals surface area contributed by atoms with Crippen molar-refractivity contribution in [1.29, 1.82) is 0 Å². The Morgan fingerprint density at radius 2 is 1.84 bits per heavy atom. The topological polar surface area (TPSA) is 41.4 Å². The number of hydrogen-bond donors (Lipinski definition) is 0. The van der Waals surface area contributed by atoms with Gasteiger partial charge in [0.1, 0.15) is 0 Å². The average Bonchev–Trinajstić information content (AvgIpc) is 3.32. The molecule has 3 aromatic rings. The van der Waals surface area contributed by atoms with E-state index in [0.29, 0.717) is 10.3 Å². The van der Waals surface area contributed by atoms with Crippen molar-refractivity contribution in [1.82, 2.24) is 14.5 Å². The van der Waals surface area contributed by atoms with Gasteiger partial charge in [0.2, 0.25) is 6.41 Å². The molecule has 1 aliphatic rings. The summed E-state index contributed by atoms with van der Waals surface area (Å²) in [6, 6.07) is 14.5. The standard InChI is InChI=1S/C24H26Cl2N4OS/c25-20-3-1-19(24(26)15-20)2-6-23(16-29-10-9-27-17-29)32-22-7-4-21(5-8-22)30-13-11-28(18-31)12-14-30/h1,3-5,7-10,15,17-18,23H,2,6,11-14,16H2. The molecule has 8 heteroatoms. The summed E-state index contributed by atoms with van der Waals surface area (Å²) in [4.78, 5) is 20.5. The number of halogens is 2. The molecule has 0 bridgehead atoms. The lowest BCUT2D eigenvalue weighted by atomic mass is 10.1. The van der Waals surface area contributed by atoms with E-state index in [0.717, 1.165) is 62.6 Å². The number of piperazine rings is 1. The molecule has 1 saturated heterocycles. The van der Waals surface area contributed by atoms with Gasteiger partial charge in [0, 0.05) is 71.0 Å². The maximum absolute atomic E-state index is 10.9. The fraction of sp³-hybridized carbons (Fsp3) is 0.333. The van der Waals surface area contributed by atoms with E-state index in [-0.39, 0.29) is 0 Å². The van der Waals surface area contributed by atoms with Gasteiger partial charge in [0.15, 0.2) is 0 Å². The SMILES string of the molecule is O=CN1CCN(c2ccc(SC(CCc3ccc(Cl)cc3Cl)Cn3ccnc3)cc2)CC1. The van der Waals surface area contributed by atoms with Crippen LogP contribution in [0, 0.1) is 0 Å². The average molecular weight is 489 g/mol. The molecule has 0 aliphatic carbocycles. The predicted octanol–water partition coefficient (Wildman–Crippen LogP) is 5.26. The van der Waals surface area contributed by atoms with Crippen LogP contribution in [0.4, 0.5) is 5.69 Å². The van der Waals surface area contributed by atoms with Gasteiger partial charge in [-0.05, 0) is 54.8 Å². The Labute approximate surface area is 203 Å². The summed E-state index contributed by atoms with van der Waals surface area (Å²) in [5.74, 6) is 0. The number of nitrogens with zero attached hydrogens (tertiary/aromatic N) is 4. The van der Waals surface area contributed by atoms with Crippen LogP contribution in [0.25, 0.3) is 0 Å². The molecule has 5 nitrogen and oxygen atoms in total. The van der Waals surface area contributed by atoms with Crippen LogP contribution in [0.3, 0.4) is 0 Å². The van der Waals surface area contributed by atoms with Crippen LogP contribution in [0.1, 0.15) is 12.0 Å². The van der Waals surface area contributed by atoms with Gasteiger partial charge in [-0.3, -0.25) is 4.79 Å². The summed E-state index contributed by atoms with van der Waals surface area (Å²) < 4.78 is 2.13. The van der Waals surface area contributed by atoms with E-state index in [2.05, 4.69) is 38.7 Å². The van der Waals surface area contributed by atoms with Gasteiger partial charge in [-0.2, -0.15) is 0 Å². The zero-order chi connectivity index (χ0) is 22.3. The monoisotopic (exact) mass is 488 g/mol. The van der Waals surface area contributed by atoms with Crippen molar-refractivity contribution >= 4 is 47.1 Å². The van der Waals surface area contributed by atoms with Gasteiger partial charge in [0.05, 0.1) is 6.33 Å². The van der Waals surface area contributed by atoms with Crippen LogP contribution < -0.4 is 4.90 Å². The van der Waals surface area contributed by atoms with Gasteiger partial charge in [0.25, 0.3) is 0 Å². The second-order valence-electron chi connectivity index (χ2n) is 7.90. The summed E-state index contributed by atoms with van der Waals surface area (Å²) in [7, 11) is 0. The highest BCUT2D eigenvalue weighted by atomic mass is 35.5. The molecule has 1 fully saturated rings. The maximum atomic E-state index is 10.9. The molecule has 168 valence electrons. The molecule has 32 heavy (non-hydrogen) atoms. The number of imidazole rings is 1. The van der Waals surface area contributed by atoms with Crippen molar-refractivity contribution in [2.75, 3.05) is 31.1 Å². The molecule has 0 saturated carbocycles. The molecule has 2 heterocycles. The molecule has 2 aromatic carbocycles. The molecule has 1 amide bonds. The predicted molar refractivity (Wildman–Crippen MR) is 133 cm³/mol. The Morgan fingerprint density at radius 3 is 2.50 bits per heavy atom. The number of anilines is 1. The molecular weight excluding hydrogens is 463 g/mol. The molecule has 0 radical (unpaired) electrons. The van der Waals surface area contributed by atoms with Crippen molar-refractivity contribution in [2.24, 2.45) is 0 Å². The lowest BCUT2D eigenvalue weighted by Gasteiger charge is -2.34. The van der Waals surface area contributed by atoms with Crippen LogP contribution in [0.2, 0.25) is 10.0 Å². The Morgan fingerprint density at radius 1 is 1.06 bits per heavy atom. The van der Waals surface area contributed by atoms with Crippen LogP contribution in [-0.2, 0) is 17.8 Å². The zero-order valence-corrected chi connectivity index (χ0v) is 20.1. The van der Waals surface area contributed by atoms with Crippen molar-refractivity contribution in [3.63, 3.8) is 0 Å². The third kappa shape index (κ3) is 6.21. The number of aryl methyl sites for hydroxylation is 1. The zero-order valence-electron chi connectivity index (χ0n) is 17.7. The quantitative estimate of drug-likeness (QED) is 0.304. The minimum Gasteiger partial charge on any atom is -0.368 e. The van der Waals surface area contributed by atoms with Gasteiger partial charge in [-0.1, -0.05) is 29.3 Å². The molecule has 1 unspecified atom stereocenters. The van der Waals surface area contributed by atoms with Crippen molar-refractivity contribution in [2.45, 2.75) is 29.5 Å². The number of hydrogen-bond acceptors (Lipinski definition) is 4. The number of carbonyl (C=O) groups excluding carboxylic acids is 1. The van der Waals surface area contributed by atoms with Crippen molar-refractivity contribution in [3.05, 3.63) is 76.8 Å². The Bertz CT molecular complexity index is 1010. The van der Waals surface area contributed by atoms with Crippen LogP contribution in [-0.4, -0.2) is 52.3 Å². The van der Waals surface area contributed by atoms with Crippen molar-refractivity contribution in [3.8, 4) is 0 Å². The molecule has 1 atom stereocenters. The molecule has 1 aromatic heterocycles. The van der Waals surface area contributed by atoms with E-state index in [1.165, 1.54) is 10.6 Å². The van der Waals surface area contributed by atoms with E-state index < -0.39 is 0 Å². The van der Waals surface area contributed by atoms with Crippen molar-refractivity contribution < 1.29 is 4.79 Å². The third-order valence-corrected chi connectivity index (χ3v) is 7.54. The lowest BCUT2D eigenvalue weighted by molar-refractivity contribution is -0.118. The van der Waals surface area contributed by atoms with E-state index in [1.807, 2.05) is 53.6 Å². The van der Waals surface area contributed by atoms with Crippen LogP contribution >= 0.6 is 35.0 Å². The highest BCUT2D eigenvalue weighted by molar-refractivity contribution is 8.00. The lowest BCUT2D eigenvalue weighted by Crippen LogP contribution is -2.45. The fourth-order valence-electron chi connectivity index (χ4n) is 3.87. The second-order valence-corrected chi connectivity index (χ2v) is 10.1. The summed E-state index contributed by atoms with van der Waals surface area (Å²) in [6.45, 7) is 4.18. The van der Waals surface area contributed by atoms with Crippen LogP contribution in [0.5, 0.6) is 0 Å². The number of thioether (sulfide) groups is 1. The number of carbonyl (C=O) groups is 1. The Kier molecular flexibility index (Phi) is 8.00. The highest BCUT2D eigenvalue weighted by Gasteiger charge is 2.17. The van der Waals surface area contributed by atoms with E-state index in [9.17, 15) is 4.79 Å². The highest BCUT2D eigenvalue weighted by Crippen LogP contribution is 2.31. The minimum atomic E-state index is 0.373. The number of benzene rings is 2. The summed E-state index contributed by atoms with van der Waals surface area (Å²) in [5.41, 5.74) is 2.33. The normalized spacial score (nSPS) is 15.1. The fourth-order valence-corrected chi connectivity index (χ4v) is 5.54. The molecule has 0 spiro atoms. The molecule has 0 N–H and O–H groups in total. The largest absolute Gasteiger partial charge is 0.368 e. The Balaban J connectivity index is 1.40. The van der Waals surface area contributed by atoms with Gasteiger partial charge in [-0.25, -0.2) is 4.98 Å². The van der Waals surface area contributed by atoms with E-state index in [4.69, 9.17) is 23.2 Å². The third-order valence-electron chi connectivity index (χ3n) is 5.69. The first kappa shape index (κ1) is 23.0. The number of aromatic nitrogens is 2. The van der Waals surface area contributed by atoms with E-state index >= 15 is 0 Å². The van der Waals surface area contributed by atoms with Gasteiger partial charge < -0.3 is 14.4 Å². The van der Waals surface area contributed by atoms with Gasteiger partial charge >= 0.3 is 0 Å². The van der Waals surface area contributed by atoms with Crippen LogP contribution in [0.15, 0.2) is 66.1 Å². The second kappa shape index (κ2) is 11.1. The maximum Gasteiger partial charge on any atom is 0.209 e. The summed E-state index contributed by atoms with van der Waals surface area (Å²) >= 11 is 14.3. The molecule has 4 rings (SSSR count). The smallest absolute Gasteiger partial charge is 0.209 e. The number of amides is 1. The molecule has 1 aliphatic heterocycles. The summed E-state index contributed by atoms with van der Waals surface area (Å²) in [5, 5.41) is 1.76. The number of rotatable bonds is 9. The summed E-state index contributed by atoms with van der Waals surface area (Å²) in [6.07, 6.45) is 8.50. The molecular formula is C24H26Cl2N4OS. The van der Waals surface area contributed by atoms with Gasteiger partial charge in [-0.15, -0.1) is 11.8 Å². The first-order valence-electron chi connectivity index (χ1n) is 10.7. The van der Waals surface area contributed by atoms with E-state index in [1.54, 1.807) is 0 Å².